The van der Waals surface area contributed by atoms with Crippen LogP contribution in [0.2, 0.25) is 0 Å². The monoisotopic (exact) mass is 397 g/mol. The second-order valence-corrected chi connectivity index (χ2v) is 7.49. The molecule has 1 saturated heterocycles. The molecule has 1 aliphatic heterocycles. The SMILES string of the molecule is CCCCn1nc(C(=O)NCCN2CCN(Cc3ccccc3)CC2)ccc1=O. The first-order chi connectivity index (χ1) is 14.2. The van der Waals surface area contributed by atoms with Gasteiger partial charge in [-0.2, -0.15) is 5.10 Å². The maximum atomic E-state index is 12.4. The first kappa shape index (κ1) is 21.2. The highest BCUT2D eigenvalue weighted by Gasteiger charge is 2.17. The molecule has 0 bridgehead atoms. The first-order valence-electron chi connectivity index (χ1n) is 10.5. The zero-order valence-corrected chi connectivity index (χ0v) is 17.2. The van der Waals surface area contributed by atoms with Crippen LogP contribution in [0.3, 0.4) is 0 Å². The summed E-state index contributed by atoms with van der Waals surface area (Å²) in [6.45, 7) is 9.07. The minimum absolute atomic E-state index is 0.164. The zero-order chi connectivity index (χ0) is 20.5. The summed E-state index contributed by atoms with van der Waals surface area (Å²) in [5.74, 6) is -0.224. The summed E-state index contributed by atoms with van der Waals surface area (Å²) >= 11 is 0. The molecule has 7 heteroatoms. The van der Waals surface area contributed by atoms with E-state index in [1.807, 2.05) is 6.07 Å². The minimum atomic E-state index is -0.224. The van der Waals surface area contributed by atoms with Crippen molar-refractivity contribution in [1.29, 1.82) is 0 Å². The summed E-state index contributed by atoms with van der Waals surface area (Å²) < 4.78 is 1.38. The molecule has 0 aliphatic carbocycles. The van der Waals surface area contributed by atoms with Crippen molar-refractivity contribution in [3.8, 4) is 0 Å². The molecular weight excluding hydrogens is 366 g/mol. The van der Waals surface area contributed by atoms with Gasteiger partial charge in [0.1, 0.15) is 5.69 Å². The molecule has 0 saturated carbocycles. The summed E-state index contributed by atoms with van der Waals surface area (Å²) in [5.41, 5.74) is 1.48. The van der Waals surface area contributed by atoms with Crippen LogP contribution in [0, 0.1) is 0 Å². The smallest absolute Gasteiger partial charge is 0.271 e. The number of nitrogens with one attached hydrogen (secondary N) is 1. The average molecular weight is 398 g/mol. The van der Waals surface area contributed by atoms with Crippen molar-refractivity contribution >= 4 is 5.91 Å². The van der Waals surface area contributed by atoms with Crippen molar-refractivity contribution in [2.75, 3.05) is 39.3 Å². The van der Waals surface area contributed by atoms with Crippen LogP contribution in [0.1, 0.15) is 35.8 Å². The zero-order valence-electron chi connectivity index (χ0n) is 17.2. The van der Waals surface area contributed by atoms with E-state index >= 15 is 0 Å². The molecule has 29 heavy (non-hydrogen) atoms. The van der Waals surface area contributed by atoms with E-state index in [0.717, 1.165) is 52.1 Å². The van der Waals surface area contributed by atoms with E-state index in [0.29, 0.717) is 18.8 Å². The maximum Gasteiger partial charge on any atom is 0.271 e. The number of hydrogen-bond donors (Lipinski definition) is 1. The lowest BCUT2D eigenvalue weighted by molar-refractivity contribution is 0.0926. The van der Waals surface area contributed by atoms with Gasteiger partial charge >= 0.3 is 0 Å². The highest BCUT2D eigenvalue weighted by molar-refractivity contribution is 5.91. The van der Waals surface area contributed by atoms with E-state index in [1.54, 1.807) is 0 Å². The number of carbonyl (C=O) groups excluding carboxylic acids is 1. The van der Waals surface area contributed by atoms with Crippen LogP contribution in [-0.2, 0) is 13.1 Å². The van der Waals surface area contributed by atoms with Gasteiger partial charge in [0.15, 0.2) is 0 Å². The Balaban J connectivity index is 1.39. The van der Waals surface area contributed by atoms with E-state index in [2.05, 4.69) is 51.4 Å². The van der Waals surface area contributed by atoms with E-state index in [1.165, 1.54) is 22.4 Å². The summed E-state index contributed by atoms with van der Waals surface area (Å²) in [6.07, 6.45) is 1.84. The van der Waals surface area contributed by atoms with Crippen molar-refractivity contribution in [1.82, 2.24) is 24.9 Å². The fourth-order valence-electron chi connectivity index (χ4n) is 3.47. The summed E-state index contributed by atoms with van der Waals surface area (Å²) in [7, 11) is 0. The third-order valence-corrected chi connectivity index (χ3v) is 5.25. The molecule has 2 aromatic rings. The predicted molar refractivity (Wildman–Crippen MR) is 114 cm³/mol. The molecular formula is C22H31N5O2. The van der Waals surface area contributed by atoms with Gasteiger partial charge in [-0.1, -0.05) is 43.7 Å². The predicted octanol–water partition coefficient (Wildman–Crippen LogP) is 1.59. The molecule has 1 aromatic heterocycles. The molecule has 2 heterocycles. The lowest BCUT2D eigenvalue weighted by atomic mass is 10.2. The normalized spacial score (nSPS) is 15.3. The summed E-state index contributed by atoms with van der Waals surface area (Å²) in [5, 5.41) is 7.12. The molecule has 1 amide bonds. The van der Waals surface area contributed by atoms with E-state index in [9.17, 15) is 9.59 Å². The van der Waals surface area contributed by atoms with E-state index in [-0.39, 0.29) is 11.5 Å². The fourth-order valence-corrected chi connectivity index (χ4v) is 3.47. The van der Waals surface area contributed by atoms with Crippen LogP contribution in [0.25, 0.3) is 0 Å². The molecule has 0 radical (unpaired) electrons. The number of hydrogen-bond acceptors (Lipinski definition) is 5. The van der Waals surface area contributed by atoms with Gasteiger partial charge < -0.3 is 5.32 Å². The third-order valence-electron chi connectivity index (χ3n) is 5.25. The molecule has 7 nitrogen and oxygen atoms in total. The van der Waals surface area contributed by atoms with Gasteiger partial charge in [-0.25, -0.2) is 4.68 Å². The van der Waals surface area contributed by atoms with Gasteiger partial charge in [-0.05, 0) is 18.1 Å². The van der Waals surface area contributed by atoms with Crippen molar-refractivity contribution in [2.24, 2.45) is 0 Å². The summed E-state index contributed by atoms with van der Waals surface area (Å²) in [4.78, 5) is 29.0. The Morgan fingerprint density at radius 1 is 1.00 bits per heavy atom. The number of unbranched alkanes of at least 4 members (excludes halogenated alkanes) is 1. The van der Waals surface area contributed by atoms with Crippen LogP contribution in [0.15, 0.2) is 47.3 Å². The number of piperazine rings is 1. The van der Waals surface area contributed by atoms with Crippen molar-refractivity contribution < 1.29 is 4.79 Å². The van der Waals surface area contributed by atoms with Crippen molar-refractivity contribution in [2.45, 2.75) is 32.9 Å². The largest absolute Gasteiger partial charge is 0.349 e. The summed E-state index contributed by atoms with van der Waals surface area (Å²) in [6, 6.07) is 13.5. The number of carbonyl (C=O) groups is 1. The molecule has 1 N–H and O–H groups in total. The molecule has 1 aliphatic rings. The number of aromatic nitrogens is 2. The van der Waals surface area contributed by atoms with Crippen LogP contribution in [-0.4, -0.2) is 64.8 Å². The second-order valence-electron chi connectivity index (χ2n) is 7.49. The number of amides is 1. The lowest BCUT2D eigenvalue weighted by Gasteiger charge is -2.34. The van der Waals surface area contributed by atoms with Gasteiger partial charge in [0, 0.05) is 58.4 Å². The quantitative estimate of drug-likeness (QED) is 0.696. The molecule has 0 spiro atoms. The first-order valence-corrected chi connectivity index (χ1v) is 10.5. The number of nitrogens with zero attached hydrogens (tertiary/aromatic N) is 4. The molecule has 0 atom stereocenters. The van der Waals surface area contributed by atoms with Gasteiger partial charge in [0.05, 0.1) is 0 Å². The Morgan fingerprint density at radius 2 is 1.72 bits per heavy atom. The Bertz CT molecular complexity index is 829. The van der Waals surface area contributed by atoms with Crippen LogP contribution in [0.4, 0.5) is 0 Å². The Morgan fingerprint density at radius 3 is 2.45 bits per heavy atom. The van der Waals surface area contributed by atoms with Gasteiger partial charge in [-0.15, -0.1) is 0 Å². The average Bonchev–Trinajstić information content (AvgIpc) is 2.75. The van der Waals surface area contributed by atoms with Gasteiger partial charge in [0.2, 0.25) is 0 Å². The van der Waals surface area contributed by atoms with Crippen LogP contribution < -0.4 is 10.9 Å². The Kier molecular flexibility index (Phi) is 7.95. The van der Waals surface area contributed by atoms with Gasteiger partial charge in [0.25, 0.3) is 11.5 Å². The highest BCUT2D eigenvalue weighted by Crippen LogP contribution is 2.08. The van der Waals surface area contributed by atoms with Crippen LogP contribution in [0.5, 0.6) is 0 Å². The van der Waals surface area contributed by atoms with Crippen molar-refractivity contribution in [3.05, 3.63) is 64.1 Å². The number of rotatable bonds is 9. The highest BCUT2D eigenvalue weighted by atomic mass is 16.2. The number of aryl methyl sites for hydroxylation is 1. The third kappa shape index (κ3) is 6.51. The van der Waals surface area contributed by atoms with Crippen LogP contribution >= 0.6 is 0 Å². The molecule has 1 fully saturated rings. The molecule has 0 unspecified atom stereocenters. The van der Waals surface area contributed by atoms with E-state index < -0.39 is 0 Å². The molecule has 1 aromatic carbocycles. The Hall–Kier alpha value is -2.51. The lowest BCUT2D eigenvalue weighted by Crippen LogP contribution is -2.48. The van der Waals surface area contributed by atoms with E-state index in [4.69, 9.17) is 0 Å². The topological polar surface area (TPSA) is 70.5 Å². The fraction of sp³-hybridized carbons (Fsp3) is 0.500. The minimum Gasteiger partial charge on any atom is -0.349 e. The Labute approximate surface area is 172 Å². The van der Waals surface area contributed by atoms with Crippen molar-refractivity contribution in [3.63, 3.8) is 0 Å². The maximum absolute atomic E-state index is 12.4. The molecule has 156 valence electrons. The second kappa shape index (κ2) is 10.9. The van der Waals surface area contributed by atoms with Gasteiger partial charge in [-0.3, -0.25) is 19.4 Å². The molecule has 3 rings (SSSR count). The number of benzene rings is 1. The standard InChI is InChI=1S/C22H31N5O2/c1-2-3-12-27-21(28)10-9-20(24-27)22(29)23-11-13-25-14-16-26(17-15-25)18-19-7-5-4-6-8-19/h4-10H,2-3,11-18H2,1H3,(H,23,29).